The van der Waals surface area contributed by atoms with Crippen LogP contribution in [-0.4, -0.2) is 36.6 Å². The van der Waals surface area contributed by atoms with Gasteiger partial charge in [-0.2, -0.15) is 23.5 Å². The fraction of sp³-hybridized carbons (Fsp3) is 0.231. The van der Waals surface area contributed by atoms with E-state index in [2.05, 4.69) is 10.4 Å². The molecule has 2 amide bonds. The minimum absolute atomic E-state index is 0.0206. The highest BCUT2D eigenvalue weighted by molar-refractivity contribution is 7.90. The van der Waals surface area contributed by atoms with E-state index in [9.17, 15) is 40.8 Å². The predicted molar refractivity (Wildman–Crippen MR) is 190 cm³/mol. The molecule has 0 fully saturated rings. The Bertz CT molecular complexity index is 2370. The maximum absolute atomic E-state index is 15.9. The quantitative estimate of drug-likeness (QED) is 0.0926. The molecule has 15 heteroatoms. The van der Waals surface area contributed by atoms with Crippen LogP contribution in [0, 0.1) is 23.0 Å². The summed E-state index contributed by atoms with van der Waals surface area (Å²) in [6.45, 7) is 4.04. The number of nitriles is 1. The van der Waals surface area contributed by atoms with Gasteiger partial charge in [-0.1, -0.05) is 69.2 Å². The van der Waals surface area contributed by atoms with Crippen molar-refractivity contribution in [2.24, 2.45) is 0 Å². The van der Waals surface area contributed by atoms with Gasteiger partial charge in [0.2, 0.25) is 0 Å². The van der Waals surface area contributed by atoms with E-state index in [-0.39, 0.29) is 56.9 Å². The van der Waals surface area contributed by atoms with E-state index >= 15 is 4.39 Å². The third kappa shape index (κ3) is 8.50. The molecule has 0 aliphatic rings. The van der Waals surface area contributed by atoms with Gasteiger partial charge in [0.25, 0.3) is 21.8 Å². The van der Waals surface area contributed by atoms with Crippen LogP contribution in [0.3, 0.4) is 0 Å². The van der Waals surface area contributed by atoms with Gasteiger partial charge in [0.05, 0.1) is 27.4 Å². The number of aromatic nitrogens is 2. The number of rotatable bonds is 13. The summed E-state index contributed by atoms with van der Waals surface area (Å²) in [7, 11) is -4.59. The van der Waals surface area contributed by atoms with Gasteiger partial charge in [0, 0.05) is 29.7 Å². The van der Waals surface area contributed by atoms with Gasteiger partial charge in [-0.15, -0.1) is 0 Å². The Balaban J connectivity index is 1.52. The normalized spacial score (nSPS) is 11.6. The molecule has 2 N–H and O–H groups in total. The Hall–Kier alpha value is -5.88. The number of carbonyl (C=O) groups excluding carboxylic acids is 2. The van der Waals surface area contributed by atoms with Crippen LogP contribution in [0.5, 0.6) is 0 Å². The van der Waals surface area contributed by atoms with Crippen LogP contribution < -0.4 is 10.0 Å². The lowest BCUT2D eigenvalue weighted by Crippen LogP contribution is -2.31. The zero-order chi connectivity index (χ0) is 39.2. The van der Waals surface area contributed by atoms with Gasteiger partial charge in [-0.05, 0) is 66.4 Å². The molecule has 1 heterocycles. The lowest BCUT2D eigenvalue weighted by molar-refractivity contribution is -0.137. The fourth-order valence-corrected chi connectivity index (χ4v) is 7.04. The van der Waals surface area contributed by atoms with Crippen molar-refractivity contribution in [3.63, 3.8) is 0 Å². The summed E-state index contributed by atoms with van der Waals surface area (Å²) in [4.78, 5) is 25.1. The van der Waals surface area contributed by atoms with Crippen molar-refractivity contribution in [3.05, 3.63) is 136 Å². The molecule has 54 heavy (non-hydrogen) atoms. The third-order valence-corrected chi connectivity index (χ3v) is 9.91. The van der Waals surface area contributed by atoms with E-state index in [0.717, 1.165) is 47.5 Å². The van der Waals surface area contributed by atoms with Crippen LogP contribution in [0.1, 0.15) is 81.9 Å². The maximum Gasteiger partial charge on any atom is 0.418 e. The van der Waals surface area contributed by atoms with Crippen molar-refractivity contribution in [3.8, 4) is 22.9 Å². The number of hydrogen-bond acceptors (Lipinski definition) is 6. The van der Waals surface area contributed by atoms with E-state index < -0.39 is 56.5 Å². The minimum Gasteiger partial charge on any atom is -0.352 e. The number of hydrogen-bond donors (Lipinski definition) is 2. The van der Waals surface area contributed by atoms with E-state index in [1.807, 2.05) is 17.7 Å². The summed E-state index contributed by atoms with van der Waals surface area (Å²) in [6.07, 6.45) is -2.96. The van der Waals surface area contributed by atoms with Crippen LogP contribution in [0.2, 0.25) is 0 Å². The molecule has 0 saturated carbocycles. The molecule has 5 rings (SSSR count). The first-order valence-corrected chi connectivity index (χ1v) is 18.4. The van der Waals surface area contributed by atoms with E-state index in [1.165, 1.54) is 48.5 Å². The highest BCUT2D eigenvalue weighted by atomic mass is 32.2. The minimum atomic E-state index is -4.87. The molecular formula is C39H34F5N5O4S. The molecule has 1 aromatic heterocycles. The summed E-state index contributed by atoms with van der Waals surface area (Å²) < 4.78 is 102. The molecule has 5 aromatic rings. The van der Waals surface area contributed by atoms with Crippen molar-refractivity contribution in [2.45, 2.75) is 57.0 Å². The average molecular weight is 764 g/mol. The van der Waals surface area contributed by atoms with Crippen LogP contribution in [0.4, 0.5) is 22.0 Å². The standard InChI is InChI=1S/C39H34F5N5O4S/c1-3-5-19-46-37(50)26-17-18-30(39(42,43)44)34(22-26)49-35(23-45)29(33(47-49)10-4-2)20-25-16-15-24(21-32(25)41)27-11-7-9-14-36(27)54(52,53)48-38(51)28-12-6-8-13-31(28)40/h6-9,11-18,21-22H,3-5,10,19-20H2,1-2H3,(H,46,50)(H,48,51). The molecule has 280 valence electrons. The number of carbonyl (C=O) groups is 2. The molecule has 0 aliphatic heterocycles. The smallest absolute Gasteiger partial charge is 0.352 e. The number of nitrogens with one attached hydrogen (secondary N) is 2. The number of aryl methyl sites for hydroxylation is 1. The van der Waals surface area contributed by atoms with Crippen LogP contribution in [-0.2, 0) is 29.0 Å². The van der Waals surface area contributed by atoms with E-state index in [1.54, 1.807) is 6.92 Å². The van der Waals surface area contributed by atoms with Crippen molar-refractivity contribution in [1.82, 2.24) is 19.8 Å². The molecule has 9 nitrogen and oxygen atoms in total. The number of nitrogens with zero attached hydrogens (tertiary/aromatic N) is 3. The Labute approximate surface area is 308 Å². The zero-order valence-corrected chi connectivity index (χ0v) is 29.9. The first kappa shape index (κ1) is 39.3. The molecular weight excluding hydrogens is 730 g/mol. The Morgan fingerprint density at radius 1 is 0.889 bits per heavy atom. The molecule has 0 unspecified atom stereocenters. The lowest BCUT2D eigenvalue weighted by Gasteiger charge is -2.15. The Morgan fingerprint density at radius 2 is 1.61 bits per heavy atom. The molecule has 0 radical (unpaired) electrons. The number of halogens is 5. The number of sulfonamides is 1. The van der Waals surface area contributed by atoms with Gasteiger partial charge in [-0.25, -0.2) is 26.6 Å². The molecule has 0 saturated heterocycles. The van der Waals surface area contributed by atoms with Crippen LogP contribution in [0.15, 0.2) is 89.8 Å². The Kier molecular flexibility index (Phi) is 12.0. The first-order valence-electron chi connectivity index (χ1n) is 16.9. The van der Waals surface area contributed by atoms with Crippen molar-refractivity contribution in [1.29, 1.82) is 5.26 Å². The summed E-state index contributed by atoms with van der Waals surface area (Å²) >= 11 is 0. The fourth-order valence-electron chi connectivity index (χ4n) is 5.84. The second-order valence-corrected chi connectivity index (χ2v) is 13.9. The van der Waals surface area contributed by atoms with E-state index in [0.29, 0.717) is 19.4 Å². The van der Waals surface area contributed by atoms with Gasteiger partial charge in [-0.3, -0.25) is 9.59 Å². The van der Waals surface area contributed by atoms with Gasteiger partial charge in [0.15, 0.2) is 0 Å². The van der Waals surface area contributed by atoms with Gasteiger partial charge in [0.1, 0.15) is 23.4 Å². The molecule has 0 bridgehead atoms. The maximum atomic E-state index is 15.9. The topological polar surface area (TPSA) is 134 Å². The molecule has 4 aromatic carbocycles. The van der Waals surface area contributed by atoms with Gasteiger partial charge >= 0.3 is 6.18 Å². The second-order valence-electron chi connectivity index (χ2n) is 12.3. The average Bonchev–Trinajstić information content (AvgIpc) is 3.48. The SMILES string of the molecule is CCCCNC(=O)c1ccc(C(F)(F)F)c(-n2nc(CCC)c(Cc3ccc(-c4ccccc4S(=O)(=O)NC(=O)c4ccccc4F)cc3F)c2C#N)c1. The molecule has 0 atom stereocenters. The lowest BCUT2D eigenvalue weighted by atomic mass is 9.97. The van der Waals surface area contributed by atoms with Crippen LogP contribution in [0.25, 0.3) is 16.8 Å². The number of alkyl halides is 3. The summed E-state index contributed by atoms with van der Waals surface area (Å²) in [5.41, 5.74) is -1.93. The molecule has 0 spiro atoms. The third-order valence-electron chi connectivity index (χ3n) is 8.52. The second kappa shape index (κ2) is 16.4. The first-order chi connectivity index (χ1) is 25.7. The number of amides is 2. The van der Waals surface area contributed by atoms with Crippen molar-refractivity contribution in [2.75, 3.05) is 6.54 Å². The highest BCUT2D eigenvalue weighted by Crippen LogP contribution is 2.36. The van der Waals surface area contributed by atoms with Gasteiger partial charge < -0.3 is 5.32 Å². The van der Waals surface area contributed by atoms with Crippen molar-refractivity contribution >= 4 is 21.8 Å². The summed E-state index contributed by atoms with van der Waals surface area (Å²) in [6, 6.07) is 18.9. The summed E-state index contributed by atoms with van der Waals surface area (Å²) in [5.74, 6) is -3.55. The van der Waals surface area contributed by atoms with Crippen LogP contribution >= 0.6 is 0 Å². The monoisotopic (exact) mass is 763 g/mol. The zero-order valence-electron chi connectivity index (χ0n) is 29.1. The van der Waals surface area contributed by atoms with Crippen molar-refractivity contribution < 1.29 is 40.0 Å². The Morgan fingerprint density at radius 3 is 2.28 bits per heavy atom. The number of unbranched alkanes of at least 4 members (excludes halogenated alkanes) is 1. The highest BCUT2D eigenvalue weighted by Gasteiger charge is 2.36. The molecule has 0 aliphatic carbocycles. The number of benzene rings is 4. The largest absolute Gasteiger partial charge is 0.418 e. The summed E-state index contributed by atoms with van der Waals surface area (Å²) in [5, 5.41) is 17.3. The van der Waals surface area contributed by atoms with E-state index in [4.69, 9.17) is 0 Å². The predicted octanol–water partition coefficient (Wildman–Crippen LogP) is 7.90.